The molecule has 5 heteroatoms. The Labute approximate surface area is 169 Å². The highest BCUT2D eigenvalue weighted by Gasteiger charge is 2.55. The highest BCUT2D eigenvalue weighted by molar-refractivity contribution is 5.84. The van der Waals surface area contributed by atoms with Crippen LogP contribution in [-0.4, -0.2) is 72.3 Å². The lowest BCUT2D eigenvalue weighted by Crippen LogP contribution is -2.58. The maximum atomic E-state index is 13.5. The maximum absolute atomic E-state index is 13.5. The molecule has 0 unspecified atom stereocenters. The molecule has 4 saturated carbocycles. The summed E-state index contributed by atoms with van der Waals surface area (Å²) in [7, 11) is 0. The topological polar surface area (TPSA) is 43.9 Å². The summed E-state index contributed by atoms with van der Waals surface area (Å²) in [5, 5.41) is 0. The van der Waals surface area contributed by atoms with Crippen molar-refractivity contribution in [2.75, 3.05) is 45.8 Å². The first-order chi connectivity index (χ1) is 13.6. The Hall–Kier alpha value is -1.10. The van der Waals surface area contributed by atoms with Gasteiger partial charge in [0.15, 0.2) is 0 Å². The molecule has 0 aromatic rings. The van der Waals surface area contributed by atoms with Crippen LogP contribution >= 0.6 is 0 Å². The summed E-state index contributed by atoms with van der Waals surface area (Å²) in [4.78, 5) is 32.6. The molecule has 2 amide bonds. The Morgan fingerprint density at radius 3 is 1.86 bits per heavy atom. The van der Waals surface area contributed by atoms with Gasteiger partial charge in [-0.2, -0.15) is 0 Å². The van der Waals surface area contributed by atoms with E-state index in [0.29, 0.717) is 18.2 Å². The highest BCUT2D eigenvalue weighted by Crippen LogP contribution is 2.60. The second kappa shape index (κ2) is 7.62. The van der Waals surface area contributed by atoms with E-state index in [1.807, 2.05) is 4.90 Å². The van der Waals surface area contributed by atoms with Crippen molar-refractivity contribution in [3.63, 3.8) is 0 Å². The first kappa shape index (κ1) is 18.9. The van der Waals surface area contributed by atoms with Gasteiger partial charge in [-0.15, -0.1) is 0 Å². The van der Waals surface area contributed by atoms with E-state index in [0.717, 1.165) is 76.2 Å². The number of amides is 2. The Morgan fingerprint density at radius 1 is 0.750 bits per heavy atom. The normalized spacial score (nSPS) is 37.6. The molecule has 28 heavy (non-hydrogen) atoms. The van der Waals surface area contributed by atoms with Crippen LogP contribution in [0.5, 0.6) is 0 Å². The zero-order chi connectivity index (χ0) is 19.1. The molecule has 0 atom stereocenters. The molecule has 6 aliphatic rings. The fourth-order valence-corrected chi connectivity index (χ4v) is 7.49. The van der Waals surface area contributed by atoms with Crippen LogP contribution in [-0.2, 0) is 9.59 Å². The summed E-state index contributed by atoms with van der Waals surface area (Å²) in [5.41, 5.74) is -0.0311. The van der Waals surface area contributed by atoms with Crippen molar-refractivity contribution in [2.24, 2.45) is 23.2 Å². The predicted octanol–water partition coefficient (Wildman–Crippen LogP) is 2.75. The van der Waals surface area contributed by atoms with E-state index in [1.54, 1.807) is 0 Å². The van der Waals surface area contributed by atoms with Gasteiger partial charge in [-0.05, 0) is 95.2 Å². The van der Waals surface area contributed by atoms with Crippen LogP contribution in [0, 0.1) is 23.2 Å². The lowest BCUT2D eigenvalue weighted by Gasteiger charge is -2.57. The molecule has 2 aliphatic heterocycles. The molecule has 5 nitrogen and oxygen atoms in total. The largest absolute Gasteiger partial charge is 0.339 e. The van der Waals surface area contributed by atoms with E-state index in [9.17, 15) is 9.59 Å². The van der Waals surface area contributed by atoms with Crippen LogP contribution < -0.4 is 0 Å². The third-order valence-corrected chi connectivity index (χ3v) is 8.48. The molecular weight excluding hydrogens is 350 g/mol. The Balaban J connectivity index is 1.10. The summed E-state index contributed by atoms with van der Waals surface area (Å²) in [5.74, 6) is 3.17. The molecular formula is C23H37N3O2. The van der Waals surface area contributed by atoms with Gasteiger partial charge < -0.3 is 14.7 Å². The average Bonchev–Trinajstić information content (AvgIpc) is 3.20. The molecule has 0 aromatic heterocycles. The number of hydrogen-bond donors (Lipinski definition) is 0. The van der Waals surface area contributed by atoms with Crippen LogP contribution in [0.1, 0.15) is 64.2 Å². The number of nitrogens with zero attached hydrogens (tertiary/aromatic N) is 3. The molecule has 6 rings (SSSR count). The molecule has 4 aliphatic carbocycles. The van der Waals surface area contributed by atoms with Gasteiger partial charge in [0.25, 0.3) is 0 Å². The summed E-state index contributed by atoms with van der Waals surface area (Å²) >= 11 is 0. The van der Waals surface area contributed by atoms with E-state index >= 15 is 0 Å². The van der Waals surface area contributed by atoms with Crippen molar-refractivity contribution >= 4 is 11.8 Å². The zero-order valence-electron chi connectivity index (χ0n) is 17.4. The van der Waals surface area contributed by atoms with E-state index in [1.165, 1.54) is 45.2 Å². The number of likely N-dealkylation sites (tertiary alicyclic amines) is 1. The molecule has 6 fully saturated rings. The monoisotopic (exact) mass is 387 g/mol. The van der Waals surface area contributed by atoms with Gasteiger partial charge in [0, 0.05) is 32.6 Å². The van der Waals surface area contributed by atoms with Crippen molar-refractivity contribution in [3.8, 4) is 0 Å². The second-order valence-corrected chi connectivity index (χ2v) is 10.5. The highest BCUT2D eigenvalue weighted by atomic mass is 16.2. The van der Waals surface area contributed by atoms with Crippen molar-refractivity contribution < 1.29 is 9.59 Å². The smallest absolute Gasteiger partial charge is 0.228 e. The van der Waals surface area contributed by atoms with Gasteiger partial charge >= 0.3 is 0 Å². The molecule has 2 saturated heterocycles. The minimum atomic E-state index is -0.0311. The maximum Gasteiger partial charge on any atom is 0.228 e. The molecule has 0 spiro atoms. The van der Waals surface area contributed by atoms with Crippen molar-refractivity contribution in [3.05, 3.63) is 0 Å². The summed E-state index contributed by atoms with van der Waals surface area (Å²) in [6.45, 7) is 6.45. The SMILES string of the molecule is O=C(CCCN1CCCC1)N1CCN(C(=O)C23CC4CC(CC(C4)C2)C3)CC1. The van der Waals surface area contributed by atoms with Crippen LogP contribution in [0.15, 0.2) is 0 Å². The minimum Gasteiger partial charge on any atom is -0.339 e. The number of carbonyl (C=O) groups is 2. The first-order valence-electron chi connectivity index (χ1n) is 11.9. The number of piperazine rings is 1. The zero-order valence-corrected chi connectivity index (χ0v) is 17.4. The fourth-order valence-electron chi connectivity index (χ4n) is 7.49. The van der Waals surface area contributed by atoms with Gasteiger partial charge in [-0.1, -0.05) is 0 Å². The lowest BCUT2D eigenvalue weighted by molar-refractivity contribution is -0.160. The molecule has 156 valence electrons. The molecule has 2 heterocycles. The van der Waals surface area contributed by atoms with E-state index in [4.69, 9.17) is 0 Å². The van der Waals surface area contributed by atoms with Gasteiger partial charge in [0.05, 0.1) is 5.41 Å². The van der Waals surface area contributed by atoms with Gasteiger partial charge in [0.1, 0.15) is 0 Å². The summed E-state index contributed by atoms with van der Waals surface area (Å²) in [6.07, 6.45) is 11.9. The summed E-state index contributed by atoms with van der Waals surface area (Å²) in [6, 6.07) is 0. The average molecular weight is 388 g/mol. The quantitative estimate of drug-likeness (QED) is 0.729. The van der Waals surface area contributed by atoms with Crippen molar-refractivity contribution in [1.29, 1.82) is 0 Å². The van der Waals surface area contributed by atoms with Crippen molar-refractivity contribution in [1.82, 2.24) is 14.7 Å². The number of hydrogen-bond acceptors (Lipinski definition) is 3. The molecule has 4 bridgehead atoms. The van der Waals surface area contributed by atoms with Crippen LogP contribution in [0.3, 0.4) is 0 Å². The first-order valence-corrected chi connectivity index (χ1v) is 11.9. The summed E-state index contributed by atoms with van der Waals surface area (Å²) < 4.78 is 0. The molecule has 0 N–H and O–H groups in total. The van der Waals surface area contributed by atoms with Crippen LogP contribution in [0.25, 0.3) is 0 Å². The molecule has 0 radical (unpaired) electrons. The number of rotatable bonds is 5. The Bertz CT molecular complexity index is 570. The third-order valence-electron chi connectivity index (χ3n) is 8.48. The lowest BCUT2D eigenvalue weighted by atomic mass is 9.49. The minimum absolute atomic E-state index is 0.0311. The fraction of sp³-hybridized carbons (Fsp3) is 0.913. The van der Waals surface area contributed by atoms with Gasteiger partial charge in [0.2, 0.25) is 11.8 Å². The number of carbonyl (C=O) groups excluding carboxylic acids is 2. The third kappa shape index (κ3) is 3.59. The Kier molecular flexibility index (Phi) is 5.14. The van der Waals surface area contributed by atoms with Gasteiger partial charge in [-0.3, -0.25) is 9.59 Å². The second-order valence-electron chi connectivity index (χ2n) is 10.5. The van der Waals surface area contributed by atoms with E-state index < -0.39 is 0 Å². The standard InChI is InChI=1S/C23H37N3O2/c27-21(4-3-7-24-5-1-2-6-24)25-8-10-26(11-9-25)22(28)23-15-18-12-19(16-23)14-20(13-18)17-23/h18-20H,1-17H2. The van der Waals surface area contributed by atoms with E-state index in [2.05, 4.69) is 9.80 Å². The van der Waals surface area contributed by atoms with Gasteiger partial charge in [-0.25, -0.2) is 0 Å². The van der Waals surface area contributed by atoms with E-state index in [-0.39, 0.29) is 5.41 Å². The van der Waals surface area contributed by atoms with Crippen LogP contribution in [0.2, 0.25) is 0 Å². The Morgan fingerprint density at radius 2 is 1.29 bits per heavy atom. The van der Waals surface area contributed by atoms with Crippen molar-refractivity contribution in [2.45, 2.75) is 64.2 Å². The molecule has 0 aromatic carbocycles. The predicted molar refractivity (Wildman–Crippen MR) is 109 cm³/mol. The van der Waals surface area contributed by atoms with Crippen LogP contribution in [0.4, 0.5) is 0 Å².